The molecule has 1 atom stereocenters. The van der Waals surface area contributed by atoms with Crippen molar-refractivity contribution in [2.45, 2.75) is 33.2 Å². The van der Waals surface area contributed by atoms with Gasteiger partial charge in [-0.2, -0.15) is 0 Å². The summed E-state index contributed by atoms with van der Waals surface area (Å²) in [5.74, 6) is 0.0918. The van der Waals surface area contributed by atoms with Crippen LogP contribution in [0.2, 0.25) is 0 Å². The molecular formula is C25H31N3O3. The van der Waals surface area contributed by atoms with Crippen LogP contribution in [-0.2, 0) is 9.59 Å². The molecule has 1 aliphatic rings. The Bertz CT molecular complexity index is 901. The quantitative estimate of drug-likeness (QED) is 0.696. The molecule has 2 amide bonds. The normalized spacial score (nSPS) is 15.0. The highest BCUT2D eigenvalue weighted by atomic mass is 16.2. The summed E-state index contributed by atoms with van der Waals surface area (Å²) in [6.07, 6.45) is 0.390. The Hall–Kier alpha value is -3.15. The van der Waals surface area contributed by atoms with E-state index in [2.05, 4.69) is 10.2 Å². The van der Waals surface area contributed by atoms with E-state index in [-0.39, 0.29) is 23.5 Å². The second-order valence-electron chi connectivity index (χ2n) is 8.42. The third-order valence-electron chi connectivity index (χ3n) is 5.51. The third-order valence-corrected chi connectivity index (χ3v) is 5.51. The van der Waals surface area contributed by atoms with Crippen LogP contribution in [0, 0.1) is 5.92 Å². The molecular weight excluding hydrogens is 390 g/mol. The van der Waals surface area contributed by atoms with E-state index in [9.17, 15) is 14.4 Å². The first-order valence-corrected chi connectivity index (χ1v) is 10.8. The summed E-state index contributed by atoms with van der Waals surface area (Å²) in [5.41, 5.74) is 2.54. The molecule has 6 heteroatoms. The molecule has 6 nitrogen and oxygen atoms in total. The largest absolute Gasteiger partial charge is 0.368 e. The number of hydrogen-bond acceptors (Lipinski definition) is 4. The van der Waals surface area contributed by atoms with E-state index in [4.69, 9.17) is 0 Å². The number of carbonyl (C=O) groups is 3. The molecule has 2 aromatic rings. The van der Waals surface area contributed by atoms with Gasteiger partial charge < -0.3 is 15.1 Å². The lowest BCUT2D eigenvalue weighted by atomic mass is 10.0. The number of rotatable bonds is 7. The minimum Gasteiger partial charge on any atom is -0.368 e. The first-order valence-electron chi connectivity index (χ1n) is 10.8. The molecule has 0 saturated carbocycles. The number of carbonyl (C=O) groups excluding carboxylic acids is 3. The van der Waals surface area contributed by atoms with Crippen molar-refractivity contribution >= 4 is 23.3 Å². The zero-order valence-electron chi connectivity index (χ0n) is 18.5. The Balaban J connectivity index is 1.67. The van der Waals surface area contributed by atoms with Crippen LogP contribution >= 0.6 is 0 Å². The number of anilines is 1. The first kappa shape index (κ1) is 22.5. The third kappa shape index (κ3) is 5.94. The SMILES string of the molecule is CC(=O)c1ccc(N2CCN(C(=O)C(NC(=O)CC(C)C)c3ccccc3)CC2)cc1. The van der Waals surface area contributed by atoms with Crippen LogP contribution in [0.5, 0.6) is 0 Å². The van der Waals surface area contributed by atoms with Crippen molar-refractivity contribution < 1.29 is 14.4 Å². The fourth-order valence-electron chi connectivity index (χ4n) is 3.80. The molecule has 3 rings (SSSR count). The topological polar surface area (TPSA) is 69.7 Å². The number of amides is 2. The van der Waals surface area contributed by atoms with Crippen molar-refractivity contribution in [2.75, 3.05) is 31.1 Å². The van der Waals surface area contributed by atoms with E-state index in [1.807, 2.05) is 73.3 Å². The molecule has 0 bridgehead atoms. The molecule has 1 heterocycles. The molecule has 1 N–H and O–H groups in total. The molecule has 0 spiro atoms. The molecule has 1 aliphatic heterocycles. The van der Waals surface area contributed by atoms with Crippen LogP contribution in [0.15, 0.2) is 54.6 Å². The van der Waals surface area contributed by atoms with Crippen molar-refractivity contribution in [1.82, 2.24) is 10.2 Å². The van der Waals surface area contributed by atoms with Crippen molar-refractivity contribution in [2.24, 2.45) is 5.92 Å². The molecule has 31 heavy (non-hydrogen) atoms. The van der Waals surface area contributed by atoms with Crippen molar-refractivity contribution in [3.05, 3.63) is 65.7 Å². The summed E-state index contributed by atoms with van der Waals surface area (Å²) in [5, 5.41) is 2.95. The van der Waals surface area contributed by atoms with Crippen LogP contribution in [-0.4, -0.2) is 48.7 Å². The summed E-state index contributed by atoms with van der Waals surface area (Å²) in [4.78, 5) is 41.3. The average molecular weight is 422 g/mol. The highest BCUT2D eigenvalue weighted by molar-refractivity contribution is 5.94. The Morgan fingerprint density at radius 2 is 1.52 bits per heavy atom. The molecule has 164 valence electrons. The molecule has 0 aromatic heterocycles. The maximum absolute atomic E-state index is 13.3. The zero-order valence-corrected chi connectivity index (χ0v) is 18.5. The van der Waals surface area contributed by atoms with Gasteiger partial charge in [-0.3, -0.25) is 14.4 Å². The fourth-order valence-corrected chi connectivity index (χ4v) is 3.80. The lowest BCUT2D eigenvalue weighted by Crippen LogP contribution is -2.52. The van der Waals surface area contributed by atoms with Gasteiger partial charge in [0.1, 0.15) is 6.04 Å². The van der Waals surface area contributed by atoms with Gasteiger partial charge in [0.15, 0.2) is 5.78 Å². The zero-order chi connectivity index (χ0) is 22.4. The average Bonchev–Trinajstić information content (AvgIpc) is 2.77. The first-order chi connectivity index (χ1) is 14.8. The van der Waals surface area contributed by atoms with E-state index < -0.39 is 6.04 Å². The van der Waals surface area contributed by atoms with Gasteiger partial charge in [0.2, 0.25) is 11.8 Å². The molecule has 2 aromatic carbocycles. The Labute approximate surface area is 184 Å². The van der Waals surface area contributed by atoms with Gasteiger partial charge in [-0.15, -0.1) is 0 Å². The number of benzene rings is 2. The number of Topliss-reactive ketones (excluding diaryl/α,β-unsaturated/α-hetero) is 1. The van der Waals surface area contributed by atoms with Gasteiger partial charge >= 0.3 is 0 Å². The highest BCUT2D eigenvalue weighted by Crippen LogP contribution is 2.21. The summed E-state index contributed by atoms with van der Waals surface area (Å²) >= 11 is 0. The number of nitrogens with zero attached hydrogens (tertiary/aromatic N) is 2. The van der Waals surface area contributed by atoms with E-state index in [1.165, 1.54) is 0 Å². The second kappa shape index (κ2) is 10.2. The Kier molecular flexibility index (Phi) is 7.45. The molecule has 1 unspecified atom stereocenters. The van der Waals surface area contributed by atoms with Gasteiger partial charge in [0.05, 0.1) is 0 Å². The Morgan fingerprint density at radius 1 is 0.903 bits per heavy atom. The van der Waals surface area contributed by atoms with Crippen LogP contribution in [0.1, 0.15) is 49.2 Å². The van der Waals surface area contributed by atoms with Crippen LogP contribution < -0.4 is 10.2 Å². The minimum absolute atomic E-state index is 0.0495. The van der Waals surface area contributed by atoms with Crippen molar-refractivity contribution in [1.29, 1.82) is 0 Å². The number of nitrogens with one attached hydrogen (secondary N) is 1. The minimum atomic E-state index is -0.672. The fraction of sp³-hybridized carbons (Fsp3) is 0.400. The lowest BCUT2D eigenvalue weighted by molar-refractivity contribution is -0.137. The predicted octanol–water partition coefficient (Wildman–Crippen LogP) is 3.44. The number of piperazine rings is 1. The number of ketones is 1. The summed E-state index contributed by atoms with van der Waals surface area (Å²) in [6, 6.07) is 16.3. The lowest BCUT2D eigenvalue weighted by Gasteiger charge is -2.37. The van der Waals surface area contributed by atoms with E-state index in [0.717, 1.165) is 11.3 Å². The maximum Gasteiger partial charge on any atom is 0.249 e. The van der Waals surface area contributed by atoms with E-state index in [0.29, 0.717) is 38.2 Å². The molecule has 1 fully saturated rings. The maximum atomic E-state index is 13.3. The van der Waals surface area contributed by atoms with E-state index >= 15 is 0 Å². The molecule has 1 saturated heterocycles. The van der Waals surface area contributed by atoms with E-state index in [1.54, 1.807) is 6.92 Å². The van der Waals surface area contributed by atoms with Gasteiger partial charge in [0.25, 0.3) is 0 Å². The second-order valence-corrected chi connectivity index (χ2v) is 8.42. The van der Waals surface area contributed by atoms with Gasteiger partial charge in [0, 0.05) is 43.9 Å². The monoisotopic (exact) mass is 421 g/mol. The summed E-state index contributed by atoms with van der Waals surface area (Å²) < 4.78 is 0. The van der Waals surface area contributed by atoms with Crippen LogP contribution in [0.4, 0.5) is 5.69 Å². The smallest absolute Gasteiger partial charge is 0.249 e. The van der Waals surface area contributed by atoms with Gasteiger partial charge in [-0.1, -0.05) is 44.2 Å². The van der Waals surface area contributed by atoms with Gasteiger partial charge in [-0.05, 0) is 42.7 Å². The van der Waals surface area contributed by atoms with Gasteiger partial charge in [-0.25, -0.2) is 0 Å². The molecule has 0 radical (unpaired) electrons. The highest BCUT2D eigenvalue weighted by Gasteiger charge is 2.30. The standard InChI is InChI=1S/C25H31N3O3/c1-18(2)17-23(30)26-24(21-7-5-4-6-8-21)25(31)28-15-13-27(14-16-28)22-11-9-20(10-12-22)19(3)29/h4-12,18,24H,13-17H2,1-3H3,(H,26,30). The summed E-state index contributed by atoms with van der Waals surface area (Å²) in [6.45, 7) is 8.09. The van der Waals surface area contributed by atoms with Crippen LogP contribution in [0.25, 0.3) is 0 Å². The molecule has 0 aliphatic carbocycles. The van der Waals surface area contributed by atoms with Crippen molar-refractivity contribution in [3.63, 3.8) is 0 Å². The van der Waals surface area contributed by atoms with Crippen molar-refractivity contribution in [3.8, 4) is 0 Å². The number of hydrogen-bond donors (Lipinski definition) is 1. The predicted molar refractivity (Wildman–Crippen MR) is 122 cm³/mol. The Morgan fingerprint density at radius 3 is 2.06 bits per heavy atom. The summed E-state index contributed by atoms with van der Waals surface area (Å²) in [7, 11) is 0. The van der Waals surface area contributed by atoms with Crippen LogP contribution in [0.3, 0.4) is 0 Å².